The Morgan fingerprint density at radius 2 is 2.07 bits per heavy atom. The Hall–Kier alpha value is -4.08. The number of aromatic nitrogens is 2. The number of benzene rings is 2. The number of anilines is 2. The summed E-state index contributed by atoms with van der Waals surface area (Å²) in [5.74, 6) is -1.13. The minimum atomic E-state index is -0.938. The number of β-amino-alcohol motifs (C(OH)–C–C–N with tert-alkyl or cyclic N) is 1. The number of nitrogens with zero attached hydrogens (tertiary/aromatic N) is 6. The number of amides is 1. The fourth-order valence-electron chi connectivity index (χ4n) is 7.61. The lowest BCUT2D eigenvalue weighted by atomic mass is 9.95. The number of phenols is 1. The zero-order valence-electron chi connectivity index (χ0n) is 24.5. The largest absolute Gasteiger partial charge is 0.508 e. The number of aromatic hydroxyl groups is 1. The molecular formula is C32H34F2N6O4. The number of aliphatic hydroxyl groups excluding tert-OH is 1. The fraction of sp³-hybridized carbons (Fsp3) is 0.500. The highest BCUT2D eigenvalue weighted by atomic mass is 19.1. The van der Waals surface area contributed by atoms with Gasteiger partial charge in [0.1, 0.15) is 35.7 Å². The Bertz CT molecular complexity index is 1700. The highest BCUT2D eigenvalue weighted by Gasteiger charge is 2.49. The number of hydrogen-bond acceptors (Lipinski definition) is 9. The molecule has 2 aromatic carbocycles. The molecule has 0 radical (unpaired) electrons. The quantitative estimate of drug-likeness (QED) is 0.431. The van der Waals surface area contributed by atoms with Gasteiger partial charge in [0.2, 0.25) is 0 Å². The van der Waals surface area contributed by atoms with Crippen molar-refractivity contribution in [2.75, 3.05) is 42.6 Å². The fourth-order valence-corrected chi connectivity index (χ4v) is 7.61. The average molecular weight is 605 g/mol. The van der Waals surface area contributed by atoms with E-state index in [4.69, 9.17) is 4.74 Å². The molecule has 3 fully saturated rings. The first-order chi connectivity index (χ1) is 21.2. The minimum absolute atomic E-state index is 0.0271. The van der Waals surface area contributed by atoms with Crippen molar-refractivity contribution in [3.63, 3.8) is 0 Å². The first kappa shape index (κ1) is 28.7. The van der Waals surface area contributed by atoms with Crippen LogP contribution in [0.2, 0.25) is 0 Å². The van der Waals surface area contributed by atoms with Crippen molar-refractivity contribution < 1.29 is 28.5 Å². The number of phenolic OH excluding ortho intramolecular Hbond substituents is 1. The number of carbonyl (C=O) groups is 1. The summed E-state index contributed by atoms with van der Waals surface area (Å²) < 4.78 is 35.5. The molecule has 4 aliphatic rings. The molecule has 7 rings (SSSR count). The van der Waals surface area contributed by atoms with Crippen molar-refractivity contribution in [1.82, 2.24) is 14.9 Å². The molecule has 5 heterocycles. The Labute approximate surface area is 253 Å². The van der Waals surface area contributed by atoms with E-state index in [-0.39, 0.29) is 42.8 Å². The third kappa shape index (κ3) is 4.61. The second-order valence-electron chi connectivity index (χ2n) is 12.4. The maximum Gasteiger partial charge on any atom is 0.318 e. The number of fused-ring (bicyclic) bond motifs is 3. The first-order valence-corrected chi connectivity index (χ1v) is 15.2. The molecule has 3 aromatic rings. The summed E-state index contributed by atoms with van der Waals surface area (Å²) in [7, 11) is 0. The summed E-state index contributed by atoms with van der Waals surface area (Å²) in [4.78, 5) is 28.9. The second kappa shape index (κ2) is 10.8. The zero-order valence-corrected chi connectivity index (χ0v) is 24.5. The maximum atomic E-state index is 14.9. The van der Waals surface area contributed by atoms with Gasteiger partial charge in [0.25, 0.3) is 5.91 Å². The third-order valence-corrected chi connectivity index (χ3v) is 9.77. The van der Waals surface area contributed by atoms with Gasteiger partial charge in [-0.05, 0) is 55.3 Å². The summed E-state index contributed by atoms with van der Waals surface area (Å²) in [6.45, 7) is 3.74. The van der Waals surface area contributed by atoms with Gasteiger partial charge in [0.05, 0.1) is 41.6 Å². The van der Waals surface area contributed by atoms with Crippen LogP contribution in [0.3, 0.4) is 0 Å². The second-order valence-corrected chi connectivity index (χ2v) is 12.4. The van der Waals surface area contributed by atoms with Crippen molar-refractivity contribution in [1.29, 1.82) is 5.26 Å². The Morgan fingerprint density at radius 1 is 1.23 bits per heavy atom. The molecule has 0 spiro atoms. The van der Waals surface area contributed by atoms with Crippen LogP contribution in [0.15, 0.2) is 24.3 Å². The van der Waals surface area contributed by atoms with Crippen molar-refractivity contribution in [3.8, 4) is 17.8 Å². The van der Waals surface area contributed by atoms with Crippen LogP contribution in [-0.2, 0) is 13.0 Å². The zero-order chi connectivity index (χ0) is 30.7. The van der Waals surface area contributed by atoms with Gasteiger partial charge in [-0.15, -0.1) is 0 Å². The normalized spacial score (nSPS) is 26.7. The van der Waals surface area contributed by atoms with Gasteiger partial charge in [0, 0.05) is 37.5 Å². The lowest BCUT2D eigenvalue weighted by Gasteiger charge is -2.34. The van der Waals surface area contributed by atoms with Gasteiger partial charge in [-0.3, -0.25) is 9.69 Å². The summed E-state index contributed by atoms with van der Waals surface area (Å²) in [6.07, 6.45) is 1.06. The van der Waals surface area contributed by atoms with Gasteiger partial charge in [-0.25, -0.2) is 8.78 Å². The molecule has 0 saturated carbocycles. The molecule has 44 heavy (non-hydrogen) atoms. The molecule has 230 valence electrons. The van der Waals surface area contributed by atoms with E-state index in [9.17, 15) is 29.1 Å². The average Bonchev–Trinajstić information content (AvgIpc) is 3.64. The summed E-state index contributed by atoms with van der Waals surface area (Å²) in [5.41, 5.74) is 0.995. The summed E-state index contributed by atoms with van der Waals surface area (Å²) in [6, 6.07) is 8.13. The summed E-state index contributed by atoms with van der Waals surface area (Å²) >= 11 is 0. The van der Waals surface area contributed by atoms with E-state index < -0.39 is 35.5 Å². The Morgan fingerprint density at radius 3 is 2.84 bits per heavy atom. The standard InChI is InChI=1S/C32H34F2N6O4/c1-2-22-23(34)5-4-18-10-21(41)11-25(27(18)22)40-15-24-28(30(40)43)29(38-9-6-19(13-35)26(42)16-38)37-31(36-24)44-17-32-7-3-8-39(32)14-20(33)12-32/h4-5,10-11,19-20,26,41-42H,2-3,6-9,12,14-17H2,1H3/t19?,20-,26?,32+/m1/s1. The molecule has 4 atom stereocenters. The number of aryl methyl sites for hydroxylation is 1. The van der Waals surface area contributed by atoms with Crippen molar-refractivity contribution in [2.45, 2.75) is 63.4 Å². The maximum absolute atomic E-state index is 14.9. The molecule has 12 heteroatoms. The number of rotatable bonds is 6. The molecule has 0 bridgehead atoms. The van der Waals surface area contributed by atoms with E-state index in [1.165, 1.54) is 17.0 Å². The molecular weight excluding hydrogens is 570 g/mol. The number of alkyl halides is 1. The number of nitriles is 1. The van der Waals surface area contributed by atoms with Gasteiger partial charge >= 0.3 is 6.01 Å². The molecule has 0 aliphatic carbocycles. The van der Waals surface area contributed by atoms with Crippen molar-refractivity contribution in [3.05, 3.63) is 46.9 Å². The van der Waals surface area contributed by atoms with Crippen molar-refractivity contribution >= 4 is 28.2 Å². The number of carbonyl (C=O) groups excluding carboxylic acids is 1. The highest BCUT2D eigenvalue weighted by molar-refractivity contribution is 6.16. The van der Waals surface area contributed by atoms with E-state index in [0.717, 1.165) is 19.4 Å². The molecule has 3 saturated heterocycles. The van der Waals surface area contributed by atoms with Crippen LogP contribution in [-0.4, -0.2) is 81.6 Å². The van der Waals surface area contributed by atoms with Crippen LogP contribution in [0.1, 0.15) is 54.2 Å². The molecule has 1 amide bonds. The number of hydrogen-bond donors (Lipinski definition) is 2. The number of aliphatic hydroxyl groups is 1. The molecule has 2 unspecified atom stereocenters. The van der Waals surface area contributed by atoms with Crippen LogP contribution in [0.5, 0.6) is 11.8 Å². The van der Waals surface area contributed by atoms with Crippen molar-refractivity contribution in [2.24, 2.45) is 5.92 Å². The van der Waals surface area contributed by atoms with E-state index in [0.29, 0.717) is 60.1 Å². The van der Waals surface area contributed by atoms with Gasteiger partial charge in [0.15, 0.2) is 0 Å². The lowest BCUT2D eigenvalue weighted by Crippen LogP contribution is -2.45. The highest BCUT2D eigenvalue weighted by Crippen LogP contribution is 2.43. The van der Waals surface area contributed by atoms with E-state index in [1.807, 2.05) is 6.92 Å². The topological polar surface area (TPSA) is 126 Å². The van der Waals surface area contributed by atoms with Crippen LogP contribution < -0.4 is 14.5 Å². The number of ether oxygens (including phenoxy) is 1. The Balaban J connectivity index is 1.29. The van der Waals surface area contributed by atoms with Gasteiger partial charge in [-0.2, -0.15) is 15.2 Å². The smallest absolute Gasteiger partial charge is 0.318 e. The minimum Gasteiger partial charge on any atom is -0.508 e. The predicted octanol–water partition coefficient (Wildman–Crippen LogP) is 3.86. The summed E-state index contributed by atoms with van der Waals surface area (Å²) in [5, 5.41) is 31.8. The monoisotopic (exact) mass is 604 g/mol. The number of piperidine rings is 1. The lowest BCUT2D eigenvalue weighted by molar-refractivity contribution is 0.0992. The molecule has 4 aliphatic heterocycles. The first-order valence-electron chi connectivity index (χ1n) is 15.2. The molecule has 10 nitrogen and oxygen atoms in total. The van der Waals surface area contributed by atoms with E-state index in [2.05, 4.69) is 20.9 Å². The van der Waals surface area contributed by atoms with Gasteiger partial charge in [-0.1, -0.05) is 13.0 Å². The van der Waals surface area contributed by atoms with Crippen LogP contribution in [0.4, 0.5) is 20.3 Å². The van der Waals surface area contributed by atoms with Crippen LogP contribution in [0, 0.1) is 23.1 Å². The predicted molar refractivity (Wildman–Crippen MR) is 158 cm³/mol. The third-order valence-electron chi connectivity index (χ3n) is 9.77. The Kier molecular flexibility index (Phi) is 7.05. The number of halogens is 2. The van der Waals surface area contributed by atoms with Crippen LogP contribution >= 0.6 is 0 Å². The van der Waals surface area contributed by atoms with Crippen LogP contribution in [0.25, 0.3) is 10.8 Å². The van der Waals surface area contributed by atoms with Gasteiger partial charge < -0.3 is 24.7 Å². The molecule has 1 aromatic heterocycles. The molecule has 2 N–H and O–H groups in total. The SMILES string of the molecule is CCc1c(F)ccc2cc(O)cc(N3Cc4nc(OC[C@@]56CCCN5C[C@H](F)C6)nc(N5CCC(C#N)C(O)C5)c4C3=O)c12. The van der Waals surface area contributed by atoms with E-state index >= 15 is 0 Å². The van der Waals surface area contributed by atoms with E-state index in [1.54, 1.807) is 17.0 Å².